The van der Waals surface area contributed by atoms with Gasteiger partial charge in [-0.2, -0.15) is 4.98 Å². The first-order valence-electron chi connectivity index (χ1n) is 6.95. The van der Waals surface area contributed by atoms with E-state index in [0.29, 0.717) is 5.82 Å². The SMILES string of the molecule is Cc1noc(COCC(=O)N(CC(=O)O)Cc2ccccc2)n1. The fourth-order valence-electron chi connectivity index (χ4n) is 1.91. The van der Waals surface area contributed by atoms with Gasteiger partial charge in [0.25, 0.3) is 5.89 Å². The van der Waals surface area contributed by atoms with Crippen LogP contribution in [-0.2, 0) is 27.5 Å². The summed E-state index contributed by atoms with van der Waals surface area (Å²) in [7, 11) is 0. The van der Waals surface area contributed by atoms with Crippen molar-refractivity contribution in [2.75, 3.05) is 13.2 Å². The molecule has 0 saturated carbocycles. The van der Waals surface area contributed by atoms with Crippen LogP contribution in [0.3, 0.4) is 0 Å². The van der Waals surface area contributed by atoms with Crippen LogP contribution in [0.15, 0.2) is 34.9 Å². The molecule has 1 N–H and O–H groups in total. The van der Waals surface area contributed by atoms with E-state index >= 15 is 0 Å². The molecule has 122 valence electrons. The first kappa shape index (κ1) is 16.6. The number of nitrogens with zero attached hydrogens (tertiary/aromatic N) is 3. The molecule has 0 atom stereocenters. The molecule has 0 saturated heterocycles. The number of carbonyl (C=O) groups is 2. The van der Waals surface area contributed by atoms with Crippen LogP contribution in [0.25, 0.3) is 0 Å². The lowest BCUT2D eigenvalue weighted by molar-refractivity contribution is -0.147. The van der Waals surface area contributed by atoms with Gasteiger partial charge in [0.05, 0.1) is 0 Å². The molecule has 1 aromatic heterocycles. The Hall–Kier alpha value is -2.74. The van der Waals surface area contributed by atoms with Crippen molar-refractivity contribution in [2.45, 2.75) is 20.1 Å². The van der Waals surface area contributed by atoms with Crippen LogP contribution < -0.4 is 0 Å². The molecule has 0 spiro atoms. The second-order valence-corrected chi connectivity index (χ2v) is 4.86. The lowest BCUT2D eigenvalue weighted by atomic mass is 10.2. The van der Waals surface area contributed by atoms with Gasteiger partial charge in [-0.25, -0.2) is 0 Å². The smallest absolute Gasteiger partial charge is 0.323 e. The number of aromatic nitrogens is 2. The minimum absolute atomic E-state index is 0.00116. The molecule has 0 aliphatic rings. The fourth-order valence-corrected chi connectivity index (χ4v) is 1.91. The Labute approximate surface area is 132 Å². The molecule has 1 heterocycles. The Morgan fingerprint density at radius 2 is 2.04 bits per heavy atom. The number of carboxylic acid groups (broad SMARTS) is 1. The van der Waals surface area contributed by atoms with Gasteiger partial charge in [-0.05, 0) is 12.5 Å². The van der Waals surface area contributed by atoms with E-state index in [1.165, 1.54) is 4.90 Å². The van der Waals surface area contributed by atoms with Crippen molar-refractivity contribution in [3.05, 3.63) is 47.6 Å². The monoisotopic (exact) mass is 319 g/mol. The standard InChI is InChI=1S/C15H17N3O5/c1-11-16-13(23-17-11)9-22-10-14(19)18(8-15(20)21)7-12-5-3-2-4-6-12/h2-6H,7-10H2,1H3,(H,20,21). The van der Waals surface area contributed by atoms with Crippen LogP contribution in [0.1, 0.15) is 17.3 Å². The number of aliphatic carboxylic acids is 1. The molecule has 0 fully saturated rings. The Morgan fingerprint density at radius 1 is 1.30 bits per heavy atom. The van der Waals surface area contributed by atoms with Crippen molar-refractivity contribution in [3.8, 4) is 0 Å². The van der Waals surface area contributed by atoms with Gasteiger partial charge in [-0.1, -0.05) is 35.5 Å². The van der Waals surface area contributed by atoms with E-state index < -0.39 is 18.4 Å². The summed E-state index contributed by atoms with van der Waals surface area (Å²) in [5.41, 5.74) is 0.842. The quantitative estimate of drug-likeness (QED) is 0.774. The predicted octanol–water partition coefficient (Wildman–Crippen LogP) is 1.01. The van der Waals surface area contributed by atoms with Crippen molar-refractivity contribution >= 4 is 11.9 Å². The third-order valence-electron chi connectivity index (χ3n) is 2.92. The molecule has 0 aliphatic heterocycles. The normalized spacial score (nSPS) is 10.5. The van der Waals surface area contributed by atoms with Crippen LogP contribution >= 0.6 is 0 Å². The molecular formula is C15H17N3O5. The van der Waals surface area contributed by atoms with Crippen LogP contribution in [-0.4, -0.2) is 45.2 Å². The highest BCUT2D eigenvalue weighted by Crippen LogP contribution is 2.06. The minimum Gasteiger partial charge on any atom is -0.480 e. The summed E-state index contributed by atoms with van der Waals surface area (Å²) in [6.45, 7) is 1.22. The first-order chi connectivity index (χ1) is 11.0. The van der Waals surface area contributed by atoms with Crippen LogP contribution in [0.5, 0.6) is 0 Å². The summed E-state index contributed by atoms with van der Waals surface area (Å²) >= 11 is 0. The van der Waals surface area contributed by atoms with E-state index in [9.17, 15) is 9.59 Å². The molecule has 8 nitrogen and oxygen atoms in total. The lowest BCUT2D eigenvalue weighted by Gasteiger charge is -2.20. The van der Waals surface area contributed by atoms with Gasteiger partial charge < -0.3 is 19.3 Å². The third kappa shape index (κ3) is 5.51. The molecule has 0 unspecified atom stereocenters. The van der Waals surface area contributed by atoms with Crippen LogP contribution in [0.4, 0.5) is 0 Å². The van der Waals surface area contributed by atoms with E-state index in [0.717, 1.165) is 5.56 Å². The zero-order chi connectivity index (χ0) is 16.7. The summed E-state index contributed by atoms with van der Waals surface area (Å²) in [4.78, 5) is 28.2. The summed E-state index contributed by atoms with van der Waals surface area (Å²) < 4.78 is 10.1. The van der Waals surface area contributed by atoms with Gasteiger partial charge in [0.15, 0.2) is 5.82 Å². The topological polar surface area (TPSA) is 106 Å². The second kappa shape index (κ2) is 8.04. The van der Waals surface area contributed by atoms with Crippen molar-refractivity contribution in [1.82, 2.24) is 15.0 Å². The van der Waals surface area contributed by atoms with E-state index in [1.54, 1.807) is 6.92 Å². The summed E-state index contributed by atoms with van der Waals surface area (Å²) in [5.74, 6) is -0.760. The second-order valence-electron chi connectivity index (χ2n) is 4.86. The highest BCUT2D eigenvalue weighted by Gasteiger charge is 2.17. The summed E-state index contributed by atoms with van der Waals surface area (Å²) in [5, 5.41) is 12.6. The van der Waals surface area contributed by atoms with Gasteiger partial charge >= 0.3 is 5.97 Å². The predicted molar refractivity (Wildman–Crippen MR) is 78.2 cm³/mol. The zero-order valence-electron chi connectivity index (χ0n) is 12.6. The van der Waals surface area contributed by atoms with Gasteiger partial charge in [-0.15, -0.1) is 0 Å². The number of benzene rings is 1. The summed E-state index contributed by atoms with van der Waals surface area (Å²) in [6, 6.07) is 9.15. The van der Waals surface area contributed by atoms with Gasteiger partial charge in [0, 0.05) is 6.54 Å². The fraction of sp³-hybridized carbons (Fsp3) is 0.333. The number of hydrogen-bond donors (Lipinski definition) is 1. The third-order valence-corrected chi connectivity index (χ3v) is 2.92. The van der Waals surface area contributed by atoms with E-state index in [2.05, 4.69) is 10.1 Å². The highest BCUT2D eigenvalue weighted by atomic mass is 16.5. The number of ether oxygens (including phenoxy) is 1. The van der Waals surface area contributed by atoms with Crippen LogP contribution in [0.2, 0.25) is 0 Å². The zero-order valence-corrected chi connectivity index (χ0v) is 12.6. The maximum Gasteiger partial charge on any atom is 0.323 e. The number of aryl methyl sites for hydroxylation is 1. The molecule has 2 rings (SSSR count). The Bertz CT molecular complexity index is 656. The van der Waals surface area contributed by atoms with Crippen molar-refractivity contribution in [2.24, 2.45) is 0 Å². The highest BCUT2D eigenvalue weighted by molar-refractivity contribution is 5.82. The molecular weight excluding hydrogens is 302 g/mol. The molecule has 0 radical (unpaired) electrons. The number of amides is 1. The van der Waals surface area contributed by atoms with Gasteiger partial charge in [0.2, 0.25) is 5.91 Å². The van der Waals surface area contributed by atoms with Crippen LogP contribution in [0, 0.1) is 6.92 Å². The number of rotatable bonds is 8. The van der Waals surface area contributed by atoms with Crippen molar-refractivity contribution < 1.29 is 24.0 Å². The van der Waals surface area contributed by atoms with Gasteiger partial charge in [0.1, 0.15) is 19.8 Å². The number of hydrogen-bond acceptors (Lipinski definition) is 6. The maximum atomic E-state index is 12.1. The van der Waals surface area contributed by atoms with E-state index in [-0.39, 0.29) is 25.6 Å². The van der Waals surface area contributed by atoms with Crippen molar-refractivity contribution in [1.29, 1.82) is 0 Å². The molecule has 0 bridgehead atoms. The van der Waals surface area contributed by atoms with E-state index in [1.807, 2.05) is 30.3 Å². The molecule has 23 heavy (non-hydrogen) atoms. The average Bonchev–Trinajstić information content (AvgIpc) is 2.92. The number of carbonyl (C=O) groups excluding carboxylic acids is 1. The molecule has 2 aromatic rings. The largest absolute Gasteiger partial charge is 0.480 e. The first-order valence-corrected chi connectivity index (χ1v) is 6.95. The molecule has 8 heteroatoms. The minimum atomic E-state index is -1.08. The van der Waals surface area contributed by atoms with Gasteiger partial charge in [-0.3, -0.25) is 9.59 Å². The Balaban J connectivity index is 1.89. The van der Waals surface area contributed by atoms with E-state index in [4.69, 9.17) is 14.4 Å². The summed E-state index contributed by atoms with van der Waals surface area (Å²) in [6.07, 6.45) is 0. The molecule has 1 aromatic carbocycles. The maximum absolute atomic E-state index is 12.1. The average molecular weight is 319 g/mol. The number of carboxylic acids is 1. The lowest BCUT2D eigenvalue weighted by Crippen LogP contribution is -2.37. The van der Waals surface area contributed by atoms with Crippen molar-refractivity contribution in [3.63, 3.8) is 0 Å². The molecule has 0 aliphatic carbocycles. The Kier molecular flexibility index (Phi) is 5.81. The Morgan fingerprint density at radius 3 is 2.65 bits per heavy atom. The molecule has 1 amide bonds.